The Balaban J connectivity index is 0.000000298. The van der Waals surface area contributed by atoms with Crippen molar-refractivity contribution in [3.63, 3.8) is 0 Å². The quantitative estimate of drug-likeness (QED) is 0.645. The lowest BCUT2D eigenvalue weighted by atomic mass is 9.51. The maximum absolute atomic E-state index is 12.4. The van der Waals surface area contributed by atoms with Crippen molar-refractivity contribution in [2.75, 3.05) is 13.1 Å². The summed E-state index contributed by atoms with van der Waals surface area (Å²) < 4.78 is 31.7. The second kappa shape index (κ2) is 7.76. The molecule has 4 bridgehead atoms. The number of carboxylic acids is 1. The second-order valence-electron chi connectivity index (χ2n) is 9.00. The van der Waals surface area contributed by atoms with E-state index in [0.717, 1.165) is 44.9 Å². The Hall–Kier alpha value is -1.86. The van der Waals surface area contributed by atoms with Crippen LogP contribution < -0.4 is 5.32 Å². The van der Waals surface area contributed by atoms with E-state index in [9.17, 15) is 23.1 Å². The first-order chi connectivity index (χ1) is 13.5. The van der Waals surface area contributed by atoms with Crippen LogP contribution in [0.2, 0.25) is 0 Å². The van der Waals surface area contributed by atoms with Gasteiger partial charge < -0.3 is 20.4 Å². The predicted molar refractivity (Wildman–Crippen MR) is 94.4 cm³/mol. The molecule has 2 unspecified atom stereocenters. The van der Waals surface area contributed by atoms with E-state index in [4.69, 9.17) is 15.2 Å². The highest BCUT2D eigenvalue weighted by atomic mass is 19.4. The van der Waals surface area contributed by atoms with Gasteiger partial charge in [-0.05, 0) is 63.2 Å². The number of aliphatic hydroxyl groups is 1. The number of likely N-dealkylation sites (tertiary alicyclic amines) is 1. The monoisotopic (exact) mass is 417 g/mol. The van der Waals surface area contributed by atoms with E-state index >= 15 is 0 Å². The van der Waals surface area contributed by atoms with Gasteiger partial charge in [-0.2, -0.15) is 18.4 Å². The predicted octanol–water partition coefficient (Wildman–Crippen LogP) is 1.81. The first kappa shape index (κ1) is 21.8. The Morgan fingerprint density at radius 3 is 2.28 bits per heavy atom. The van der Waals surface area contributed by atoms with Crippen LogP contribution in [0, 0.1) is 23.2 Å². The molecule has 0 aromatic rings. The van der Waals surface area contributed by atoms with E-state index in [1.807, 2.05) is 0 Å². The van der Waals surface area contributed by atoms with E-state index in [0.29, 0.717) is 24.9 Å². The molecular formula is C19H26F3N3O4. The SMILES string of the molecule is N#C[C@@H]1CCCN1C(=O)CNC12CC3CC(CC(O)(C3)C1)C2.O=C(O)C(F)(F)F. The fourth-order valence-electron chi connectivity index (χ4n) is 5.99. The maximum Gasteiger partial charge on any atom is 0.490 e. The molecule has 5 fully saturated rings. The lowest BCUT2D eigenvalue weighted by molar-refractivity contribution is -0.192. The zero-order valence-electron chi connectivity index (χ0n) is 16.0. The van der Waals surface area contributed by atoms with Crippen molar-refractivity contribution < 1.29 is 33.0 Å². The van der Waals surface area contributed by atoms with Gasteiger partial charge in [0.05, 0.1) is 18.2 Å². The molecule has 1 heterocycles. The summed E-state index contributed by atoms with van der Waals surface area (Å²) in [5.41, 5.74) is -0.542. The summed E-state index contributed by atoms with van der Waals surface area (Å²) in [7, 11) is 0. The first-order valence-corrected chi connectivity index (χ1v) is 9.92. The maximum atomic E-state index is 12.4. The van der Waals surface area contributed by atoms with Crippen LogP contribution in [0.3, 0.4) is 0 Å². The van der Waals surface area contributed by atoms with Gasteiger partial charge in [-0.25, -0.2) is 4.79 Å². The van der Waals surface area contributed by atoms with Crippen molar-refractivity contribution in [1.29, 1.82) is 5.26 Å². The smallest absolute Gasteiger partial charge is 0.475 e. The molecule has 3 N–H and O–H groups in total. The van der Waals surface area contributed by atoms with Gasteiger partial charge in [0, 0.05) is 12.1 Å². The molecule has 162 valence electrons. The van der Waals surface area contributed by atoms with Crippen LogP contribution in [0.4, 0.5) is 13.2 Å². The van der Waals surface area contributed by atoms with Crippen LogP contribution in [-0.4, -0.2) is 63.4 Å². The van der Waals surface area contributed by atoms with Crippen molar-refractivity contribution in [3.8, 4) is 6.07 Å². The topological polar surface area (TPSA) is 114 Å². The number of nitrogens with zero attached hydrogens (tertiary/aromatic N) is 2. The van der Waals surface area contributed by atoms with Crippen LogP contribution in [-0.2, 0) is 9.59 Å². The highest BCUT2D eigenvalue weighted by Crippen LogP contribution is 2.57. The van der Waals surface area contributed by atoms with E-state index in [-0.39, 0.29) is 17.5 Å². The van der Waals surface area contributed by atoms with Gasteiger partial charge in [0.2, 0.25) is 5.91 Å². The third-order valence-electron chi connectivity index (χ3n) is 6.61. The van der Waals surface area contributed by atoms with Crippen LogP contribution in [0.25, 0.3) is 0 Å². The van der Waals surface area contributed by atoms with Crippen LogP contribution in [0.15, 0.2) is 0 Å². The molecule has 3 atom stereocenters. The number of nitriles is 1. The molecule has 0 aromatic heterocycles. The van der Waals surface area contributed by atoms with Gasteiger partial charge >= 0.3 is 12.1 Å². The highest BCUT2D eigenvalue weighted by molar-refractivity contribution is 5.79. The third-order valence-corrected chi connectivity index (χ3v) is 6.61. The van der Waals surface area contributed by atoms with Crippen LogP contribution in [0.5, 0.6) is 0 Å². The average molecular weight is 417 g/mol. The molecule has 5 rings (SSSR count). The third kappa shape index (κ3) is 4.83. The minimum Gasteiger partial charge on any atom is -0.475 e. The molecule has 0 aromatic carbocycles. The van der Waals surface area contributed by atoms with Gasteiger partial charge in [0.1, 0.15) is 6.04 Å². The van der Waals surface area contributed by atoms with Crippen molar-refractivity contribution in [1.82, 2.24) is 10.2 Å². The Morgan fingerprint density at radius 2 is 1.79 bits per heavy atom. The average Bonchev–Trinajstić information content (AvgIpc) is 3.06. The fourth-order valence-corrected chi connectivity index (χ4v) is 5.99. The largest absolute Gasteiger partial charge is 0.490 e. The molecule has 1 amide bonds. The number of carbonyl (C=O) groups excluding carboxylic acids is 1. The molecule has 29 heavy (non-hydrogen) atoms. The lowest BCUT2D eigenvalue weighted by Crippen LogP contribution is -2.65. The van der Waals surface area contributed by atoms with E-state index in [1.165, 1.54) is 6.42 Å². The summed E-state index contributed by atoms with van der Waals surface area (Å²) in [5, 5.41) is 30.5. The number of amides is 1. The van der Waals surface area contributed by atoms with Gasteiger partial charge in [-0.1, -0.05) is 0 Å². The van der Waals surface area contributed by atoms with Crippen molar-refractivity contribution in [2.45, 2.75) is 74.7 Å². The van der Waals surface area contributed by atoms with Crippen molar-refractivity contribution >= 4 is 11.9 Å². The number of hydrogen-bond donors (Lipinski definition) is 3. The zero-order valence-corrected chi connectivity index (χ0v) is 16.0. The van der Waals surface area contributed by atoms with Crippen molar-refractivity contribution in [2.24, 2.45) is 11.8 Å². The number of rotatable bonds is 3. The lowest BCUT2D eigenvalue weighted by Gasteiger charge is -2.60. The van der Waals surface area contributed by atoms with Crippen LogP contribution >= 0.6 is 0 Å². The number of nitrogens with one attached hydrogen (secondary N) is 1. The van der Waals surface area contributed by atoms with E-state index < -0.39 is 17.7 Å². The normalized spacial score (nSPS) is 37.6. The Morgan fingerprint density at radius 1 is 1.21 bits per heavy atom. The zero-order chi connectivity index (χ0) is 21.4. The minimum atomic E-state index is -5.08. The standard InChI is InChI=1S/C17H25N3O2.C2HF3O2/c18-9-14-2-1-3-20(14)15(21)10-19-16-5-12-4-13(6-16)8-17(22,7-12)11-16;3-2(4,5)1(6)7/h12-14,19,22H,1-8,10-11H2;(H,6,7)/t12?,13?,14-,16?,17?;/m0./s1. The number of alkyl halides is 3. The number of carbonyl (C=O) groups is 2. The molecule has 4 aliphatic carbocycles. The highest BCUT2D eigenvalue weighted by Gasteiger charge is 2.57. The molecular weight excluding hydrogens is 391 g/mol. The molecule has 5 aliphatic rings. The fraction of sp³-hybridized carbons (Fsp3) is 0.842. The van der Waals surface area contributed by atoms with E-state index in [2.05, 4.69) is 11.4 Å². The van der Waals surface area contributed by atoms with Gasteiger partial charge in [0.25, 0.3) is 0 Å². The molecule has 7 nitrogen and oxygen atoms in total. The number of aliphatic carboxylic acids is 1. The van der Waals surface area contributed by atoms with Gasteiger partial charge in [0.15, 0.2) is 0 Å². The molecule has 1 aliphatic heterocycles. The summed E-state index contributed by atoms with van der Waals surface area (Å²) in [4.78, 5) is 23.1. The molecule has 4 saturated carbocycles. The Kier molecular flexibility index (Phi) is 5.84. The molecule has 1 saturated heterocycles. The number of carboxylic acid groups (broad SMARTS) is 1. The number of halogens is 3. The summed E-state index contributed by atoms with van der Waals surface area (Å²) >= 11 is 0. The van der Waals surface area contributed by atoms with E-state index in [1.54, 1.807) is 4.90 Å². The first-order valence-electron chi connectivity index (χ1n) is 9.92. The Bertz CT molecular complexity index is 692. The Labute approximate surface area is 166 Å². The summed E-state index contributed by atoms with van der Waals surface area (Å²) in [6.45, 7) is 1.02. The summed E-state index contributed by atoms with van der Waals surface area (Å²) in [5.74, 6) is -1.47. The summed E-state index contributed by atoms with van der Waals surface area (Å²) in [6, 6.07) is 1.99. The molecule has 0 spiro atoms. The molecule has 10 heteroatoms. The van der Waals surface area contributed by atoms with Crippen LogP contribution in [0.1, 0.15) is 51.4 Å². The summed E-state index contributed by atoms with van der Waals surface area (Å²) in [6.07, 6.45) is 2.79. The van der Waals surface area contributed by atoms with Gasteiger partial charge in [-0.3, -0.25) is 4.79 Å². The number of hydrogen-bond acceptors (Lipinski definition) is 5. The van der Waals surface area contributed by atoms with Crippen molar-refractivity contribution in [3.05, 3.63) is 0 Å². The molecule has 0 radical (unpaired) electrons. The van der Waals surface area contributed by atoms with Gasteiger partial charge in [-0.15, -0.1) is 0 Å². The minimum absolute atomic E-state index is 0.0453. The second-order valence-corrected chi connectivity index (χ2v) is 9.00.